The summed E-state index contributed by atoms with van der Waals surface area (Å²) in [6, 6.07) is 11.5. The highest BCUT2D eigenvalue weighted by molar-refractivity contribution is 5.90. The van der Waals surface area contributed by atoms with Gasteiger partial charge in [0.1, 0.15) is 12.3 Å². The van der Waals surface area contributed by atoms with Crippen LogP contribution in [0.25, 0.3) is 0 Å². The average Bonchev–Trinajstić information content (AvgIpc) is 3.22. The van der Waals surface area contributed by atoms with Crippen LogP contribution in [-0.4, -0.2) is 40.5 Å². The fraction of sp³-hybridized carbons (Fsp3) is 0.520. The van der Waals surface area contributed by atoms with E-state index in [0.29, 0.717) is 19.6 Å². The number of amides is 2. The van der Waals surface area contributed by atoms with Gasteiger partial charge < -0.3 is 19.5 Å². The van der Waals surface area contributed by atoms with Crippen LogP contribution in [0.2, 0.25) is 0 Å². The maximum atomic E-state index is 13.4. The van der Waals surface area contributed by atoms with Crippen molar-refractivity contribution in [3.05, 3.63) is 53.9 Å². The van der Waals surface area contributed by atoms with E-state index in [0.717, 1.165) is 48.6 Å². The zero-order valence-corrected chi connectivity index (χ0v) is 18.5. The van der Waals surface area contributed by atoms with E-state index in [1.165, 1.54) is 0 Å². The first-order valence-corrected chi connectivity index (χ1v) is 11.5. The largest absolute Gasteiger partial charge is 0.494 e. The monoisotopic (exact) mass is 423 g/mol. The zero-order valence-electron chi connectivity index (χ0n) is 18.5. The first-order valence-electron chi connectivity index (χ1n) is 11.5. The summed E-state index contributed by atoms with van der Waals surface area (Å²) in [6.45, 7) is 5.67. The molecule has 2 heterocycles. The predicted octanol–water partition coefficient (Wildman–Crippen LogP) is 3.71. The highest BCUT2D eigenvalue weighted by Crippen LogP contribution is 2.29. The third-order valence-corrected chi connectivity index (χ3v) is 6.57. The summed E-state index contributed by atoms with van der Waals surface area (Å²) in [7, 11) is 0. The van der Waals surface area contributed by atoms with Crippen molar-refractivity contribution in [2.45, 2.75) is 64.6 Å². The molecule has 2 aromatic rings. The second-order valence-corrected chi connectivity index (χ2v) is 8.84. The Hall–Kier alpha value is -2.76. The molecule has 0 bridgehead atoms. The van der Waals surface area contributed by atoms with E-state index in [4.69, 9.17) is 4.74 Å². The highest BCUT2D eigenvalue weighted by Gasteiger charge is 2.38. The number of aromatic nitrogens is 1. The lowest BCUT2D eigenvalue weighted by Crippen LogP contribution is -2.51. The second-order valence-electron chi connectivity index (χ2n) is 8.84. The van der Waals surface area contributed by atoms with Gasteiger partial charge >= 0.3 is 0 Å². The van der Waals surface area contributed by atoms with Gasteiger partial charge in [-0.3, -0.25) is 9.59 Å². The van der Waals surface area contributed by atoms with E-state index >= 15 is 0 Å². The summed E-state index contributed by atoms with van der Waals surface area (Å²) in [5, 5.41) is 3.25. The van der Waals surface area contributed by atoms with Crippen LogP contribution in [0, 0.1) is 5.92 Å². The lowest BCUT2D eigenvalue weighted by molar-refractivity contribution is -0.144. The number of rotatable bonds is 7. The Labute approximate surface area is 184 Å². The van der Waals surface area contributed by atoms with Gasteiger partial charge in [-0.1, -0.05) is 19.1 Å². The molecule has 2 aliphatic rings. The molecule has 31 heavy (non-hydrogen) atoms. The van der Waals surface area contributed by atoms with Gasteiger partial charge in [0.2, 0.25) is 11.8 Å². The van der Waals surface area contributed by atoms with E-state index in [1.54, 1.807) is 4.90 Å². The van der Waals surface area contributed by atoms with E-state index in [9.17, 15) is 9.59 Å². The predicted molar refractivity (Wildman–Crippen MR) is 120 cm³/mol. The second kappa shape index (κ2) is 9.58. The van der Waals surface area contributed by atoms with Crippen molar-refractivity contribution in [3.8, 4) is 5.75 Å². The fourth-order valence-corrected chi connectivity index (χ4v) is 4.74. The maximum absolute atomic E-state index is 13.4. The van der Waals surface area contributed by atoms with Gasteiger partial charge in [0, 0.05) is 18.8 Å². The molecule has 1 aliphatic carbocycles. The molecule has 0 unspecified atom stereocenters. The van der Waals surface area contributed by atoms with Gasteiger partial charge in [0.25, 0.3) is 0 Å². The lowest BCUT2D eigenvalue weighted by atomic mass is 9.87. The molecule has 1 fully saturated rings. The van der Waals surface area contributed by atoms with Gasteiger partial charge in [-0.15, -0.1) is 0 Å². The van der Waals surface area contributed by atoms with Crippen molar-refractivity contribution in [2.75, 3.05) is 13.2 Å². The maximum Gasteiger partial charge on any atom is 0.249 e. The number of fused-ring (bicyclic) bond motifs is 1. The van der Waals surface area contributed by atoms with E-state index in [2.05, 4.69) is 12.2 Å². The Balaban J connectivity index is 1.47. The Morgan fingerprint density at radius 2 is 1.87 bits per heavy atom. The van der Waals surface area contributed by atoms with Crippen LogP contribution in [0.1, 0.15) is 56.8 Å². The number of nitrogens with zero attached hydrogens (tertiary/aromatic N) is 2. The number of carbonyl (C=O) groups excluding carboxylic acids is 2. The number of hydrogen-bond donors (Lipinski definition) is 1. The third-order valence-electron chi connectivity index (χ3n) is 6.57. The quantitative estimate of drug-likeness (QED) is 0.738. The molecule has 4 rings (SSSR count). The highest BCUT2D eigenvalue weighted by atomic mass is 16.5. The number of hydrogen-bond acceptors (Lipinski definition) is 3. The summed E-state index contributed by atoms with van der Waals surface area (Å²) in [5.74, 6) is 1.51. The first-order chi connectivity index (χ1) is 15.0. The molecule has 1 atom stereocenters. The molecule has 166 valence electrons. The van der Waals surface area contributed by atoms with Crippen LogP contribution in [0.4, 0.5) is 0 Å². The summed E-state index contributed by atoms with van der Waals surface area (Å²) >= 11 is 0. The Morgan fingerprint density at radius 1 is 1.13 bits per heavy atom. The van der Waals surface area contributed by atoms with Gasteiger partial charge in [-0.25, -0.2) is 0 Å². The zero-order chi connectivity index (χ0) is 21.8. The van der Waals surface area contributed by atoms with E-state index < -0.39 is 6.04 Å². The van der Waals surface area contributed by atoms with Crippen molar-refractivity contribution >= 4 is 11.8 Å². The average molecular weight is 424 g/mol. The molecular weight excluding hydrogens is 390 g/mol. The lowest BCUT2D eigenvalue weighted by Gasteiger charge is -2.37. The molecule has 6 heteroatoms. The van der Waals surface area contributed by atoms with Gasteiger partial charge in [-0.05, 0) is 74.8 Å². The molecule has 6 nitrogen and oxygen atoms in total. The van der Waals surface area contributed by atoms with Crippen LogP contribution < -0.4 is 10.1 Å². The topological polar surface area (TPSA) is 63.6 Å². The standard InChI is InChI=1S/C25H33N3O3/c1-3-31-21-12-8-19(9-13-21)14-16-28-23(29)17-27-15-4-5-22(27)24(28)25(30)26-20-10-6-18(2)7-11-20/h4-5,8-9,12-13,15,18,20,24H,3,6-7,10-11,14,16-17H2,1-2H3,(H,26,30)/t18?,20?,24-/m0/s1. The Kier molecular flexibility index (Phi) is 6.64. The number of benzene rings is 1. The molecule has 1 aromatic heterocycles. The number of ether oxygens (including phenoxy) is 1. The Morgan fingerprint density at radius 3 is 2.58 bits per heavy atom. The third kappa shape index (κ3) is 4.94. The van der Waals surface area contributed by atoms with Crippen molar-refractivity contribution in [1.29, 1.82) is 0 Å². The molecular formula is C25H33N3O3. The normalized spacial score (nSPS) is 23.4. The minimum atomic E-state index is -0.571. The number of carbonyl (C=O) groups is 2. The van der Waals surface area contributed by atoms with Gasteiger partial charge in [0.05, 0.1) is 12.3 Å². The number of nitrogens with one attached hydrogen (secondary N) is 1. The molecule has 1 aliphatic heterocycles. The van der Waals surface area contributed by atoms with Crippen molar-refractivity contribution in [3.63, 3.8) is 0 Å². The van der Waals surface area contributed by atoms with Crippen LogP contribution in [0.15, 0.2) is 42.6 Å². The van der Waals surface area contributed by atoms with E-state index in [-0.39, 0.29) is 24.4 Å². The fourth-order valence-electron chi connectivity index (χ4n) is 4.74. The van der Waals surface area contributed by atoms with Crippen LogP contribution in [0.3, 0.4) is 0 Å². The first kappa shape index (κ1) is 21.5. The van der Waals surface area contributed by atoms with Gasteiger partial charge in [-0.2, -0.15) is 0 Å². The molecule has 0 saturated heterocycles. The SMILES string of the molecule is CCOc1ccc(CCN2C(=O)Cn3cccc3[C@H]2C(=O)NC2CCC(C)CC2)cc1. The molecule has 1 saturated carbocycles. The van der Waals surface area contributed by atoms with Gasteiger partial charge in [0.15, 0.2) is 6.04 Å². The molecule has 2 amide bonds. The molecule has 0 radical (unpaired) electrons. The summed E-state index contributed by atoms with van der Waals surface area (Å²) < 4.78 is 7.42. The van der Waals surface area contributed by atoms with Crippen molar-refractivity contribution in [2.24, 2.45) is 5.92 Å². The van der Waals surface area contributed by atoms with Crippen molar-refractivity contribution < 1.29 is 14.3 Å². The van der Waals surface area contributed by atoms with E-state index in [1.807, 2.05) is 54.1 Å². The molecule has 1 aromatic carbocycles. The minimum absolute atomic E-state index is 0.00736. The van der Waals surface area contributed by atoms with Crippen LogP contribution in [-0.2, 0) is 22.6 Å². The summed E-state index contributed by atoms with van der Waals surface area (Å²) in [4.78, 5) is 28.1. The van der Waals surface area contributed by atoms with Crippen LogP contribution >= 0.6 is 0 Å². The smallest absolute Gasteiger partial charge is 0.249 e. The summed E-state index contributed by atoms with van der Waals surface area (Å²) in [6.07, 6.45) is 6.91. The molecule has 1 N–H and O–H groups in total. The van der Waals surface area contributed by atoms with Crippen LogP contribution in [0.5, 0.6) is 5.75 Å². The van der Waals surface area contributed by atoms with Crippen molar-refractivity contribution in [1.82, 2.24) is 14.8 Å². The summed E-state index contributed by atoms with van der Waals surface area (Å²) in [5.41, 5.74) is 2.02. The molecule has 0 spiro atoms. The Bertz CT molecular complexity index is 897. The minimum Gasteiger partial charge on any atom is -0.494 e.